The fourth-order valence-corrected chi connectivity index (χ4v) is 10.0. The zero-order valence-corrected chi connectivity index (χ0v) is 37.0. The SMILES string of the molecule is N#Cc1cc(-n2c3ccccc3c3cc(-c4ccnc(-c5ccccc5)c4)ccc32)c(-c2c(C#N)cccc2C(F)(F)F)c(-n2c3ccccc3c3cc(-c4ccnc(-c5ccccc5)c4)ccc32)c1. The lowest BCUT2D eigenvalue weighted by molar-refractivity contribution is -0.137. The molecule has 330 valence electrons. The molecule has 4 aromatic heterocycles. The maximum atomic E-state index is 15.7. The largest absolute Gasteiger partial charge is 0.417 e. The second kappa shape index (κ2) is 16.6. The van der Waals surface area contributed by atoms with Crippen LogP contribution in [0.3, 0.4) is 0 Å². The number of benzene rings is 8. The molecule has 0 fully saturated rings. The minimum absolute atomic E-state index is 0.144. The fourth-order valence-electron chi connectivity index (χ4n) is 10.0. The normalized spacial score (nSPS) is 11.6. The number of rotatable bonds is 7. The number of para-hydroxylation sites is 2. The van der Waals surface area contributed by atoms with Gasteiger partial charge in [0.25, 0.3) is 0 Å². The van der Waals surface area contributed by atoms with E-state index in [0.717, 1.165) is 72.4 Å². The topological polar surface area (TPSA) is 83.2 Å². The number of pyridine rings is 2. The molecular weight excluding hydrogens is 874 g/mol. The number of nitrogens with zero attached hydrogens (tertiary/aromatic N) is 6. The maximum absolute atomic E-state index is 15.7. The van der Waals surface area contributed by atoms with Crippen LogP contribution in [0.15, 0.2) is 213 Å². The minimum Gasteiger partial charge on any atom is -0.308 e. The Hall–Kier alpha value is -9.57. The van der Waals surface area contributed by atoms with E-state index in [0.29, 0.717) is 33.4 Å². The van der Waals surface area contributed by atoms with Crippen molar-refractivity contribution in [1.29, 1.82) is 10.5 Å². The first-order valence-electron chi connectivity index (χ1n) is 22.6. The molecule has 0 saturated carbocycles. The van der Waals surface area contributed by atoms with Gasteiger partial charge in [-0.2, -0.15) is 23.7 Å². The summed E-state index contributed by atoms with van der Waals surface area (Å²) < 4.78 is 50.8. The van der Waals surface area contributed by atoms with Gasteiger partial charge in [-0.3, -0.25) is 9.97 Å². The zero-order valence-electron chi connectivity index (χ0n) is 37.0. The molecule has 0 atom stereocenters. The Morgan fingerprint density at radius 1 is 0.386 bits per heavy atom. The van der Waals surface area contributed by atoms with Crippen molar-refractivity contribution in [2.24, 2.45) is 0 Å². The molecule has 12 aromatic rings. The molecule has 70 heavy (non-hydrogen) atoms. The molecule has 0 spiro atoms. The molecule has 4 heterocycles. The van der Waals surface area contributed by atoms with Crippen molar-refractivity contribution < 1.29 is 13.2 Å². The summed E-state index contributed by atoms with van der Waals surface area (Å²) in [4.78, 5) is 9.29. The number of hydrogen-bond donors (Lipinski definition) is 0. The van der Waals surface area contributed by atoms with E-state index in [1.165, 1.54) is 12.1 Å². The summed E-state index contributed by atoms with van der Waals surface area (Å²) in [5.74, 6) is 0. The highest BCUT2D eigenvalue weighted by Gasteiger charge is 2.37. The molecule has 8 aromatic carbocycles. The van der Waals surface area contributed by atoms with Crippen molar-refractivity contribution in [3.8, 4) is 79.4 Å². The number of fused-ring (bicyclic) bond motifs is 6. The average Bonchev–Trinajstić information content (AvgIpc) is 3.92. The predicted molar refractivity (Wildman–Crippen MR) is 272 cm³/mol. The second-order valence-electron chi connectivity index (χ2n) is 17.1. The van der Waals surface area contributed by atoms with Crippen molar-refractivity contribution in [1.82, 2.24) is 19.1 Å². The molecule has 0 N–H and O–H groups in total. The van der Waals surface area contributed by atoms with E-state index in [-0.39, 0.29) is 22.3 Å². The van der Waals surface area contributed by atoms with Crippen LogP contribution in [0, 0.1) is 22.7 Å². The number of alkyl halides is 3. The van der Waals surface area contributed by atoms with E-state index in [1.54, 1.807) is 24.5 Å². The molecule has 0 saturated heterocycles. The summed E-state index contributed by atoms with van der Waals surface area (Å²) >= 11 is 0. The van der Waals surface area contributed by atoms with E-state index in [9.17, 15) is 10.5 Å². The first-order chi connectivity index (χ1) is 34.3. The van der Waals surface area contributed by atoms with E-state index >= 15 is 13.2 Å². The molecule has 0 bridgehead atoms. The van der Waals surface area contributed by atoms with E-state index in [4.69, 9.17) is 0 Å². The highest BCUT2D eigenvalue weighted by molar-refractivity contribution is 6.13. The van der Waals surface area contributed by atoms with Crippen LogP contribution < -0.4 is 0 Å². The highest BCUT2D eigenvalue weighted by Crippen LogP contribution is 2.48. The summed E-state index contributed by atoms with van der Waals surface area (Å²) in [5, 5.41) is 25.1. The van der Waals surface area contributed by atoms with Crippen LogP contribution in [0.2, 0.25) is 0 Å². The van der Waals surface area contributed by atoms with Crippen molar-refractivity contribution in [2.45, 2.75) is 6.18 Å². The minimum atomic E-state index is -4.86. The molecular formula is C61H35F3N6. The molecule has 0 amide bonds. The lowest BCUT2D eigenvalue weighted by atomic mass is 9.90. The number of nitriles is 2. The fraction of sp³-hybridized carbons (Fsp3) is 0.0164. The van der Waals surface area contributed by atoms with Gasteiger partial charge in [0.2, 0.25) is 0 Å². The van der Waals surface area contributed by atoms with Crippen molar-refractivity contribution in [3.63, 3.8) is 0 Å². The molecule has 6 nitrogen and oxygen atoms in total. The van der Waals surface area contributed by atoms with E-state index in [2.05, 4.69) is 34.2 Å². The molecule has 0 radical (unpaired) electrons. The van der Waals surface area contributed by atoms with Crippen LogP contribution in [0.1, 0.15) is 16.7 Å². The van der Waals surface area contributed by atoms with Gasteiger partial charge < -0.3 is 9.13 Å². The number of aromatic nitrogens is 4. The first kappa shape index (κ1) is 41.8. The maximum Gasteiger partial charge on any atom is 0.417 e. The Balaban J connectivity index is 1.15. The quantitative estimate of drug-likeness (QED) is 0.159. The number of hydrogen-bond acceptors (Lipinski definition) is 4. The van der Waals surface area contributed by atoms with Gasteiger partial charge in [0.15, 0.2) is 0 Å². The average molecular weight is 909 g/mol. The molecule has 9 heteroatoms. The Morgan fingerprint density at radius 3 is 1.31 bits per heavy atom. The molecule has 0 unspecified atom stereocenters. The third-order valence-electron chi connectivity index (χ3n) is 13.1. The van der Waals surface area contributed by atoms with Crippen LogP contribution in [-0.4, -0.2) is 19.1 Å². The smallest absolute Gasteiger partial charge is 0.308 e. The second-order valence-corrected chi connectivity index (χ2v) is 17.1. The van der Waals surface area contributed by atoms with Crippen LogP contribution in [0.5, 0.6) is 0 Å². The van der Waals surface area contributed by atoms with Gasteiger partial charge in [-0.05, 0) is 107 Å². The van der Waals surface area contributed by atoms with Gasteiger partial charge in [-0.15, -0.1) is 0 Å². The summed E-state index contributed by atoms with van der Waals surface area (Å²) in [5.41, 5.74) is 9.70. The predicted octanol–water partition coefficient (Wildman–Crippen LogP) is 15.8. The molecule has 0 aliphatic rings. The van der Waals surface area contributed by atoms with Crippen molar-refractivity contribution >= 4 is 43.6 Å². The lowest BCUT2D eigenvalue weighted by Gasteiger charge is -2.24. The Bertz CT molecular complexity index is 3920. The molecule has 0 aliphatic heterocycles. The summed E-state index contributed by atoms with van der Waals surface area (Å²) in [6.07, 6.45) is -1.29. The van der Waals surface area contributed by atoms with Gasteiger partial charge in [0.1, 0.15) is 0 Å². The van der Waals surface area contributed by atoms with Gasteiger partial charge >= 0.3 is 6.18 Å². The lowest BCUT2D eigenvalue weighted by Crippen LogP contribution is -2.12. The summed E-state index contributed by atoms with van der Waals surface area (Å²) in [6, 6.07) is 67.0. The van der Waals surface area contributed by atoms with Gasteiger partial charge in [-0.25, -0.2) is 0 Å². The van der Waals surface area contributed by atoms with Crippen LogP contribution in [0.25, 0.3) is 111 Å². The van der Waals surface area contributed by atoms with Crippen LogP contribution in [0.4, 0.5) is 13.2 Å². The van der Waals surface area contributed by atoms with Gasteiger partial charge in [0, 0.05) is 56.2 Å². The van der Waals surface area contributed by atoms with Gasteiger partial charge in [0.05, 0.1) is 73.7 Å². The Labute approximate surface area is 399 Å². The zero-order chi connectivity index (χ0) is 47.5. The molecule has 0 aliphatic carbocycles. The van der Waals surface area contributed by atoms with Crippen molar-refractivity contribution in [2.75, 3.05) is 0 Å². The summed E-state index contributed by atoms with van der Waals surface area (Å²) in [6.45, 7) is 0. The van der Waals surface area contributed by atoms with E-state index in [1.807, 2.05) is 167 Å². The van der Waals surface area contributed by atoms with E-state index < -0.39 is 11.7 Å². The third-order valence-corrected chi connectivity index (χ3v) is 13.1. The Morgan fingerprint density at radius 2 is 0.843 bits per heavy atom. The first-order valence-corrected chi connectivity index (χ1v) is 22.6. The standard InChI is InChI=1S/C61H35F3N6/c62-61(63,64)50-19-11-16-45(37-66)59(50)60-57(69-53-20-9-7-17-46(53)48-32-41(22-24-55(48)69)43-26-28-67-51(34-43)39-12-3-1-4-13-39)30-38(36-65)31-58(60)70-54-21-10-8-18-47(54)49-33-42(23-25-56(49)70)44-27-29-68-52(35-44)40-14-5-2-6-15-40/h1-35H. The Kier molecular flexibility index (Phi) is 9.94. The molecule has 12 rings (SSSR count). The monoisotopic (exact) mass is 908 g/mol. The summed E-state index contributed by atoms with van der Waals surface area (Å²) in [7, 11) is 0. The van der Waals surface area contributed by atoms with Crippen LogP contribution >= 0.6 is 0 Å². The third kappa shape index (κ3) is 6.96. The van der Waals surface area contributed by atoms with Crippen LogP contribution in [-0.2, 0) is 6.18 Å². The number of halogens is 3. The van der Waals surface area contributed by atoms with Crippen molar-refractivity contribution in [3.05, 3.63) is 229 Å². The van der Waals surface area contributed by atoms with Gasteiger partial charge in [-0.1, -0.05) is 115 Å². The highest BCUT2D eigenvalue weighted by atomic mass is 19.4.